The van der Waals surface area contributed by atoms with Crippen LogP contribution >= 0.6 is 0 Å². The normalized spacial score (nSPS) is 16.5. The first-order chi connectivity index (χ1) is 10.9. The van der Waals surface area contributed by atoms with Gasteiger partial charge in [0.05, 0.1) is 0 Å². The number of hydrogen-bond acceptors (Lipinski definition) is 3. The lowest BCUT2D eigenvalue weighted by Gasteiger charge is -2.30. The molecule has 126 valence electrons. The molecule has 1 aliphatic heterocycles. The van der Waals surface area contributed by atoms with Crippen LogP contribution in [0.1, 0.15) is 18.4 Å². The van der Waals surface area contributed by atoms with E-state index in [0.717, 1.165) is 25.9 Å². The molecule has 0 bridgehead atoms. The second-order valence-corrected chi connectivity index (χ2v) is 5.35. The maximum Gasteiger partial charge on any atom is 0.573 e. The minimum Gasteiger partial charge on any atom is -0.405 e. The number of hydrogen-bond donors (Lipinski definition) is 1. The van der Waals surface area contributed by atoms with Crippen molar-refractivity contribution in [2.45, 2.75) is 25.2 Å². The quantitative estimate of drug-likeness (QED) is 0.864. The summed E-state index contributed by atoms with van der Waals surface area (Å²) in [6, 6.07) is 5.87. The van der Waals surface area contributed by atoms with Crippen LogP contribution < -0.4 is 10.1 Å². The number of rotatable bonds is 4. The maximum atomic E-state index is 12.4. The maximum absolute atomic E-state index is 12.4. The van der Waals surface area contributed by atoms with Crippen molar-refractivity contribution in [1.82, 2.24) is 10.2 Å². The van der Waals surface area contributed by atoms with Crippen LogP contribution in [0, 0.1) is 0 Å². The Morgan fingerprint density at radius 2 is 1.96 bits per heavy atom. The third kappa shape index (κ3) is 5.28. The Kier molecular flexibility index (Phi) is 5.65. The zero-order valence-electron chi connectivity index (χ0n) is 12.8. The summed E-state index contributed by atoms with van der Waals surface area (Å²) in [4.78, 5) is 13.8. The average molecular weight is 328 g/mol. The van der Waals surface area contributed by atoms with E-state index in [1.165, 1.54) is 30.4 Å². The van der Waals surface area contributed by atoms with Gasteiger partial charge in [-0.15, -0.1) is 13.2 Å². The fourth-order valence-corrected chi connectivity index (χ4v) is 2.49. The number of nitrogens with zero attached hydrogens (tertiary/aromatic N) is 1. The molecule has 0 atom stereocenters. The molecule has 4 nitrogen and oxygen atoms in total. The van der Waals surface area contributed by atoms with Gasteiger partial charge in [-0.25, -0.2) is 0 Å². The van der Waals surface area contributed by atoms with E-state index in [9.17, 15) is 18.0 Å². The second kappa shape index (κ2) is 7.50. The highest BCUT2D eigenvalue weighted by atomic mass is 19.4. The highest BCUT2D eigenvalue weighted by molar-refractivity contribution is 5.92. The Bertz CT molecular complexity index is 567. The molecular formula is C16H19F3N2O2. The van der Waals surface area contributed by atoms with E-state index >= 15 is 0 Å². The van der Waals surface area contributed by atoms with Crippen molar-refractivity contribution in [1.29, 1.82) is 0 Å². The molecule has 23 heavy (non-hydrogen) atoms. The van der Waals surface area contributed by atoms with E-state index in [4.69, 9.17) is 0 Å². The zero-order chi connectivity index (χ0) is 16.9. The van der Waals surface area contributed by atoms with Crippen LogP contribution in [0.2, 0.25) is 0 Å². The zero-order valence-corrected chi connectivity index (χ0v) is 12.8. The molecule has 1 aromatic carbocycles. The average Bonchev–Trinajstić information content (AvgIpc) is 2.52. The molecule has 0 saturated carbocycles. The van der Waals surface area contributed by atoms with Crippen molar-refractivity contribution >= 4 is 12.0 Å². The Morgan fingerprint density at radius 1 is 1.30 bits per heavy atom. The monoisotopic (exact) mass is 328 g/mol. The Balaban J connectivity index is 2.05. The summed E-state index contributed by atoms with van der Waals surface area (Å²) in [5.74, 6) is -0.563. The molecule has 0 radical (unpaired) electrons. The van der Waals surface area contributed by atoms with Crippen molar-refractivity contribution < 1.29 is 22.7 Å². The highest BCUT2D eigenvalue weighted by Crippen LogP contribution is 2.27. The smallest absolute Gasteiger partial charge is 0.405 e. The van der Waals surface area contributed by atoms with E-state index < -0.39 is 6.36 Å². The van der Waals surface area contributed by atoms with Crippen molar-refractivity contribution in [2.75, 3.05) is 20.1 Å². The summed E-state index contributed by atoms with van der Waals surface area (Å²) in [5.41, 5.74) is 0.205. The molecule has 1 saturated heterocycles. The van der Waals surface area contributed by atoms with E-state index in [0.29, 0.717) is 0 Å². The Labute approximate surface area is 132 Å². The predicted octanol–water partition coefficient (Wildman–Crippen LogP) is 2.81. The van der Waals surface area contributed by atoms with Gasteiger partial charge in [0.1, 0.15) is 5.75 Å². The second-order valence-electron chi connectivity index (χ2n) is 5.35. The van der Waals surface area contributed by atoms with Crippen molar-refractivity contribution in [3.63, 3.8) is 0 Å². The fourth-order valence-electron chi connectivity index (χ4n) is 2.49. The number of nitrogens with one attached hydrogen (secondary N) is 1. The van der Waals surface area contributed by atoms with Crippen LogP contribution in [-0.2, 0) is 4.79 Å². The number of para-hydroxylation sites is 1. The van der Waals surface area contributed by atoms with Gasteiger partial charge in [-0.1, -0.05) is 18.2 Å². The summed E-state index contributed by atoms with van der Waals surface area (Å²) < 4.78 is 41.0. The van der Waals surface area contributed by atoms with Gasteiger partial charge in [-0.05, 0) is 38.1 Å². The van der Waals surface area contributed by atoms with Crippen LogP contribution in [0.15, 0.2) is 30.3 Å². The van der Waals surface area contributed by atoms with Crippen molar-refractivity contribution in [2.24, 2.45) is 0 Å². The molecule has 2 rings (SSSR count). The predicted molar refractivity (Wildman–Crippen MR) is 80.8 cm³/mol. The van der Waals surface area contributed by atoms with Gasteiger partial charge in [0.15, 0.2) is 0 Å². The lowest BCUT2D eigenvalue weighted by atomic mass is 10.1. The van der Waals surface area contributed by atoms with Gasteiger partial charge in [0.25, 0.3) is 0 Å². The first-order valence-corrected chi connectivity index (χ1v) is 7.37. The van der Waals surface area contributed by atoms with Gasteiger partial charge >= 0.3 is 6.36 Å². The molecule has 0 spiro atoms. The topological polar surface area (TPSA) is 41.6 Å². The molecule has 1 heterocycles. The number of ether oxygens (including phenoxy) is 1. The molecule has 0 aliphatic carbocycles. The van der Waals surface area contributed by atoms with Gasteiger partial charge in [-0.2, -0.15) is 0 Å². The van der Waals surface area contributed by atoms with Gasteiger partial charge in [0, 0.05) is 24.7 Å². The van der Waals surface area contributed by atoms with Crippen LogP contribution in [-0.4, -0.2) is 43.3 Å². The number of likely N-dealkylation sites (N-methyl/N-ethyl adjacent to an activating group) is 1. The number of carbonyl (C=O) groups is 1. The molecule has 1 amide bonds. The molecule has 1 N–H and O–H groups in total. The molecule has 0 unspecified atom stereocenters. The molecule has 7 heteroatoms. The number of halogens is 3. The number of alkyl halides is 3. The largest absolute Gasteiger partial charge is 0.573 e. The molecule has 1 aliphatic rings. The minimum atomic E-state index is -4.76. The Morgan fingerprint density at radius 3 is 2.61 bits per heavy atom. The minimum absolute atomic E-state index is 0.148. The van der Waals surface area contributed by atoms with Crippen molar-refractivity contribution in [3.05, 3.63) is 35.9 Å². The van der Waals surface area contributed by atoms with Crippen LogP contribution in [0.25, 0.3) is 6.08 Å². The van der Waals surface area contributed by atoms with Gasteiger partial charge in [-0.3, -0.25) is 4.79 Å². The lowest BCUT2D eigenvalue weighted by molar-refractivity contribution is -0.274. The van der Waals surface area contributed by atoms with Crippen LogP contribution in [0.3, 0.4) is 0 Å². The molecule has 1 fully saturated rings. The highest BCUT2D eigenvalue weighted by Gasteiger charge is 2.31. The SMILES string of the molecule is CN(C(=O)C=Cc1ccccc1OC(F)(F)F)C1CCNCC1. The van der Waals surface area contributed by atoms with E-state index in [-0.39, 0.29) is 23.3 Å². The first-order valence-electron chi connectivity index (χ1n) is 7.37. The number of amides is 1. The standard InChI is InChI=1S/C16H19F3N2O2/c1-21(13-8-10-20-11-9-13)15(22)7-6-12-4-2-3-5-14(12)23-16(17,18)19/h2-7,13,20H,8-11H2,1H3. The van der Waals surface area contributed by atoms with E-state index in [2.05, 4.69) is 10.1 Å². The summed E-state index contributed by atoms with van der Waals surface area (Å²) in [6.45, 7) is 1.71. The van der Waals surface area contributed by atoms with Crippen molar-refractivity contribution in [3.8, 4) is 5.75 Å². The first kappa shape index (κ1) is 17.3. The fraction of sp³-hybridized carbons (Fsp3) is 0.438. The lowest BCUT2D eigenvalue weighted by Crippen LogP contribution is -2.43. The molecule has 1 aromatic rings. The van der Waals surface area contributed by atoms with Gasteiger partial charge < -0.3 is 15.0 Å². The summed E-state index contributed by atoms with van der Waals surface area (Å²) in [5, 5.41) is 3.22. The molecule has 0 aromatic heterocycles. The summed E-state index contributed by atoms with van der Waals surface area (Å²) >= 11 is 0. The van der Waals surface area contributed by atoms with E-state index in [1.807, 2.05) is 0 Å². The molecular weight excluding hydrogens is 309 g/mol. The number of piperidine rings is 1. The van der Waals surface area contributed by atoms with Gasteiger partial charge in [0.2, 0.25) is 5.91 Å². The number of benzene rings is 1. The van der Waals surface area contributed by atoms with Crippen LogP contribution in [0.4, 0.5) is 13.2 Å². The Hall–Kier alpha value is -2.02. The number of carbonyl (C=O) groups excluding carboxylic acids is 1. The third-order valence-corrected chi connectivity index (χ3v) is 3.75. The third-order valence-electron chi connectivity index (χ3n) is 3.75. The summed E-state index contributed by atoms with van der Waals surface area (Å²) in [7, 11) is 1.71. The van der Waals surface area contributed by atoms with E-state index in [1.54, 1.807) is 18.0 Å². The van der Waals surface area contributed by atoms with Crippen LogP contribution in [0.5, 0.6) is 5.75 Å². The summed E-state index contributed by atoms with van der Waals surface area (Å²) in [6.07, 6.45) is -0.408.